The molecule has 2 N–H and O–H groups in total. The first-order valence-corrected chi connectivity index (χ1v) is 11.2. The second-order valence-corrected chi connectivity index (χ2v) is 8.80. The van der Waals surface area contributed by atoms with E-state index in [0.717, 1.165) is 71.7 Å². The fourth-order valence-electron chi connectivity index (χ4n) is 4.22. The third-order valence-electron chi connectivity index (χ3n) is 6.16. The summed E-state index contributed by atoms with van der Waals surface area (Å²) in [7, 11) is 1.84. The summed E-state index contributed by atoms with van der Waals surface area (Å²) in [5, 5.41) is 7.11. The van der Waals surface area contributed by atoms with Gasteiger partial charge in [0, 0.05) is 51.9 Å². The van der Waals surface area contributed by atoms with Crippen molar-refractivity contribution in [1.29, 1.82) is 0 Å². The van der Waals surface area contributed by atoms with Crippen LogP contribution in [0.1, 0.15) is 31.0 Å². The molecule has 0 spiro atoms. The molecule has 0 aromatic heterocycles. The molecule has 0 saturated carbocycles. The van der Waals surface area contributed by atoms with Gasteiger partial charge in [0.25, 0.3) is 0 Å². The predicted octanol–water partition coefficient (Wildman–Crippen LogP) is 2.26. The van der Waals surface area contributed by atoms with E-state index < -0.39 is 0 Å². The van der Waals surface area contributed by atoms with Crippen molar-refractivity contribution in [3.63, 3.8) is 0 Å². The van der Waals surface area contributed by atoms with Crippen LogP contribution in [0.2, 0.25) is 0 Å². The van der Waals surface area contributed by atoms with Gasteiger partial charge in [0.05, 0.1) is 32.5 Å². The Bertz CT molecular complexity index is 688. The lowest BCUT2D eigenvalue weighted by atomic mass is 10.0. The Hall–Kier alpha value is -0.940. The average Bonchev–Trinajstić information content (AvgIpc) is 2.77. The van der Waals surface area contributed by atoms with Gasteiger partial charge in [-0.2, -0.15) is 0 Å². The molecular formula is C23H40IN5O2. The molecule has 2 saturated heterocycles. The number of benzene rings is 1. The third-order valence-corrected chi connectivity index (χ3v) is 6.16. The lowest BCUT2D eigenvalue weighted by Gasteiger charge is -2.41. The van der Waals surface area contributed by atoms with Crippen molar-refractivity contribution in [1.82, 2.24) is 20.4 Å². The summed E-state index contributed by atoms with van der Waals surface area (Å²) in [6.07, 6.45) is 0. The van der Waals surface area contributed by atoms with Gasteiger partial charge in [-0.05, 0) is 26.3 Å². The highest BCUT2D eigenvalue weighted by atomic mass is 127. The van der Waals surface area contributed by atoms with Gasteiger partial charge in [-0.25, -0.2) is 0 Å². The van der Waals surface area contributed by atoms with E-state index in [4.69, 9.17) is 9.47 Å². The Balaban J connectivity index is 0.00000341. The Labute approximate surface area is 205 Å². The maximum absolute atomic E-state index is 5.58. The largest absolute Gasteiger partial charge is 0.379 e. The molecular weight excluding hydrogens is 505 g/mol. The van der Waals surface area contributed by atoms with E-state index in [1.165, 1.54) is 11.1 Å². The van der Waals surface area contributed by atoms with Crippen molar-refractivity contribution in [2.75, 3.05) is 72.7 Å². The lowest BCUT2D eigenvalue weighted by Crippen LogP contribution is -2.57. The predicted molar refractivity (Wildman–Crippen MR) is 138 cm³/mol. The summed E-state index contributed by atoms with van der Waals surface area (Å²) in [5.41, 5.74) is 2.68. The molecule has 0 aliphatic carbocycles. The number of morpholine rings is 2. The molecule has 2 aliphatic heterocycles. The van der Waals surface area contributed by atoms with Crippen LogP contribution in [0.4, 0.5) is 0 Å². The number of aryl methyl sites for hydroxylation is 1. The quantitative estimate of drug-likeness (QED) is 0.312. The van der Waals surface area contributed by atoms with E-state index in [0.29, 0.717) is 6.04 Å². The van der Waals surface area contributed by atoms with E-state index in [1.54, 1.807) is 0 Å². The molecule has 31 heavy (non-hydrogen) atoms. The molecule has 2 aliphatic rings. The Kier molecular flexibility index (Phi) is 11.0. The van der Waals surface area contributed by atoms with E-state index in [9.17, 15) is 0 Å². The molecule has 8 heteroatoms. The van der Waals surface area contributed by atoms with Gasteiger partial charge >= 0.3 is 0 Å². The number of nitrogens with zero attached hydrogens (tertiary/aromatic N) is 3. The van der Waals surface area contributed by atoms with Crippen LogP contribution in [-0.4, -0.2) is 94.0 Å². The zero-order valence-corrected chi connectivity index (χ0v) is 21.9. The number of ether oxygens (including phenoxy) is 2. The molecule has 7 nitrogen and oxygen atoms in total. The highest BCUT2D eigenvalue weighted by molar-refractivity contribution is 14.0. The van der Waals surface area contributed by atoms with Crippen LogP contribution in [0.5, 0.6) is 0 Å². The zero-order chi connectivity index (χ0) is 21.4. The van der Waals surface area contributed by atoms with Crippen LogP contribution in [0.3, 0.4) is 0 Å². The lowest BCUT2D eigenvalue weighted by molar-refractivity contribution is -0.00836. The first kappa shape index (κ1) is 26.3. The zero-order valence-electron chi connectivity index (χ0n) is 19.5. The summed E-state index contributed by atoms with van der Waals surface area (Å²) in [6.45, 7) is 15.4. The minimum atomic E-state index is 0. The highest BCUT2D eigenvalue weighted by Crippen LogP contribution is 2.22. The number of hydrogen-bond donors (Lipinski definition) is 2. The van der Waals surface area contributed by atoms with Crippen molar-refractivity contribution < 1.29 is 9.47 Å². The molecule has 1 unspecified atom stereocenters. The molecule has 2 fully saturated rings. The second-order valence-electron chi connectivity index (χ2n) is 8.80. The van der Waals surface area contributed by atoms with Crippen LogP contribution >= 0.6 is 24.0 Å². The second kappa shape index (κ2) is 12.9. The van der Waals surface area contributed by atoms with E-state index in [-0.39, 0.29) is 29.5 Å². The summed E-state index contributed by atoms with van der Waals surface area (Å²) >= 11 is 0. The van der Waals surface area contributed by atoms with Crippen LogP contribution in [0, 0.1) is 6.92 Å². The van der Waals surface area contributed by atoms with E-state index >= 15 is 0 Å². The van der Waals surface area contributed by atoms with Crippen LogP contribution < -0.4 is 10.6 Å². The van der Waals surface area contributed by atoms with E-state index in [1.807, 2.05) is 7.05 Å². The third kappa shape index (κ3) is 7.85. The normalized spacial score (nSPS) is 20.1. The molecule has 1 aromatic rings. The molecule has 176 valence electrons. The summed E-state index contributed by atoms with van der Waals surface area (Å²) in [6, 6.07) is 9.11. The molecule has 1 aromatic carbocycles. The average molecular weight is 546 g/mol. The van der Waals surface area contributed by atoms with Crippen molar-refractivity contribution in [2.24, 2.45) is 4.99 Å². The maximum atomic E-state index is 5.58. The monoisotopic (exact) mass is 545 g/mol. The number of halogens is 1. The van der Waals surface area contributed by atoms with Gasteiger partial charge in [0.15, 0.2) is 5.96 Å². The number of aliphatic imine (C=N–C) groups is 1. The Morgan fingerprint density at radius 1 is 1.06 bits per heavy atom. The van der Waals surface area contributed by atoms with Gasteiger partial charge in [-0.1, -0.05) is 29.8 Å². The maximum Gasteiger partial charge on any atom is 0.191 e. The molecule has 3 rings (SSSR count). The Morgan fingerprint density at radius 3 is 2.32 bits per heavy atom. The fourth-order valence-corrected chi connectivity index (χ4v) is 4.22. The van der Waals surface area contributed by atoms with Crippen LogP contribution in [0.25, 0.3) is 0 Å². The number of hydrogen-bond acceptors (Lipinski definition) is 5. The minimum absolute atomic E-state index is 0. The minimum Gasteiger partial charge on any atom is -0.379 e. The summed E-state index contributed by atoms with van der Waals surface area (Å²) in [4.78, 5) is 9.47. The Morgan fingerprint density at radius 2 is 1.71 bits per heavy atom. The van der Waals surface area contributed by atoms with Crippen molar-refractivity contribution in [3.05, 3.63) is 35.4 Å². The molecule has 1 atom stereocenters. The SMILES string of the molecule is CN=C(NCC(c1cccc(C)c1)N1CCOCC1)NCC(C)(C)N1CCOCC1.I. The van der Waals surface area contributed by atoms with Crippen LogP contribution in [0.15, 0.2) is 29.3 Å². The van der Waals surface area contributed by atoms with Crippen LogP contribution in [-0.2, 0) is 9.47 Å². The first-order valence-electron chi connectivity index (χ1n) is 11.2. The van der Waals surface area contributed by atoms with Crippen molar-refractivity contribution >= 4 is 29.9 Å². The standard InChI is InChI=1S/C23H39N5O2.HI/c1-19-6-5-7-20(16-19)21(27-8-12-29-13-9-27)17-25-22(24-4)26-18-23(2,3)28-10-14-30-15-11-28;/h5-7,16,21H,8-15,17-18H2,1-4H3,(H2,24,25,26);1H. The topological polar surface area (TPSA) is 61.4 Å². The van der Waals surface area contributed by atoms with Gasteiger partial charge < -0.3 is 20.1 Å². The number of nitrogens with one attached hydrogen (secondary N) is 2. The van der Waals surface area contributed by atoms with E-state index in [2.05, 4.69) is 70.5 Å². The van der Waals surface area contributed by atoms with Gasteiger partial charge in [0.2, 0.25) is 0 Å². The molecule has 0 bridgehead atoms. The number of guanidine groups is 1. The molecule has 2 heterocycles. The van der Waals surface area contributed by atoms with Gasteiger partial charge in [-0.15, -0.1) is 24.0 Å². The van der Waals surface area contributed by atoms with Crippen molar-refractivity contribution in [2.45, 2.75) is 32.4 Å². The van der Waals surface area contributed by atoms with Gasteiger partial charge in [0.1, 0.15) is 0 Å². The van der Waals surface area contributed by atoms with Crippen molar-refractivity contribution in [3.8, 4) is 0 Å². The van der Waals surface area contributed by atoms with Gasteiger partial charge in [-0.3, -0.25) is 14.8 Å². The highest BCUT2D eigenvalue weighted by Gasteiger charge is 2.28. The first-order chi connectivity index (χ1) is 14.5. The smallest absolute Gasteiger partial charge is 0.191 e. The molecule has 0 radical (unpaired) electrons. The summed E-state index contributed by atoms with van der Waals surface area (Å²) in [5.74, 6) is 0.849. The summed E-state index contributed by atoms with van der Waals surface area (Å²) < 4.78 is 11.1. The number of rotatable bonds is 7. The molecule has 0 amide bonds. The fraction of sp³-hybridized carbons (Fsp3) is 0.696.